The maximum absolute atomic E-state index is 12.8. The summed E-state index contributed by atoms with van der Waals surface area (Å²) in [5.41, 5.74) is 2.07. The van der Waals surface area contributed by atoms with Crippen molar-refractivity contribution in [3.8, 4) is 0 Å². The van der Waals surface area contributed by atoms with Gasteiger partial charge in [0.2, 0.25) is 0 Å². The predicted molar refractivity (Wildman–Crippen MR) is 82.3 cm³/mol. The van der Waals surface area contributed by atoms with E-state index in [1.807, 2.05) is 6.92 Å². The fourth-order valence-electron chi connectivity index (χ4n) is 3.35. The molecular weight excluding hydrogens is 282 g/mol. The topological polar surface area (TPSA) is 76.5 Å². The van der Waals surface area contributed by atoms with E-state index in [-0.39, 0.29) is 11.5 Å². The lowest BCUT2D eigenvalue weighted by Crippen LogP contribution is -2.25. The molecule has 6 heteroatoms. The molecule has 0 saturated heterocycles. The maximum Gasteiger partial charge on any atom is 0.343 e. The van der Waals surface area contributed by atoms with Crippen LogP contribution in [0.3, 0.4) is 0 Å². The molecule has 2 aromatic heterocycles. The van der Waals surface area contributed by atoms with Gasteiger partial charge in [0.05, 0.1) is 6.61 Å². The van der Waals surface area contributed by atoms with Crippen LogP contribution in [-0.2, 0) is 4.74 Å². The van der Waals surface area contributed by atoms with Crippen molar-refractivity contribution in [1.82, 2.24) is 14.6 Å². The smallest absolute Gasteiger partial charge is 0.343 e. The summed E-state index contributed by atoms with van der Waals surface area (Å²) in [6, 6.07) is 0. The zero-order valence-electron chi connectivity index (χ0n) is 13.0. The van der Waals surface area contributed by atoms with E-state index >= 15 is 0 Å². The average Bonchev–Trinajstić information content (AvgIpc) is 2.92. The number of carbonyl (C=O) groups excluding carboxylic acids is 1. The molecule has 2 heterocycles. The van der Waals surface area contributed by atoms with E-state index < -0.39 is 5.97 Å². The number of esters is 1. The summed E-state index contributed by atoms with van der Waals surface area (Å²) < 4.78 is 6.37. The van der Waals surface area contributed by atoms with Crippen LogP contribution in [0.1, 0.15) is 66.6 Å². The molecule has 22 heavy (non-hydrogen) atoms. The standard InChI is InChI=1S/C16H21N3O3/c1-3-22-16(21)12-9-17-19-14(12)18-10(2)13(15(19)20)11-7-5-4-6-8-11/h9,11,17H,3-8H2,1-2H3. The summed E-state index contributed by atoms with van der Waals surface area (Å²) in [5.74, 6) is -0.182. The lowest BCUT2D eigenvalue weighted by Gasteiger charge is -2.22. The third-order valence-electron chi connectivity index (χ3n) is 4.40. The number of rotatable bonds is 3. The SMILES string of the molecule is CCOC(=O)c1c[nH]n2c(=O)c(C3CCCCC3)c(C)nc12. The molecule has 0 spiro atoms. The van der Waals surface area contributed by atoms with Gasteiger partial charge in [-0.3, -0.25) is 9.89 Å². The number of aromatic nitrogens is 3. The van der Waals surface area contributed by atoms with Crippen LogP contribution in [0.5, 0.6) is 0 Å². The monoisotopic (exact) mass is 303 g/mol. The Morgan fingerprint density at radius 1 is 1.41 bits per heavy atom. The Bertz CT molecular complexity index is 754. The number of nitrogens with zero attached hydrogens (tertiary/aromatic N) is 2. The lowest BCUT2D eigenvalue weighted by atomic mass is 9.84. The minimum Gasteiger partial charge on any atom is -0.462 e. The highest BCUT2D eigenvalue weighted by atomic mass is 16.5. The lowest BCUT2D eigenvalue weighted by molar-refractivity contribution is 0.0528. The first kappa shape index (κ1) is 14.8. The fraction of sp³-hybridized carbons (Fsp3) is 0.562. The van der Waals surface area contributed by atoms with Crippen LogP contribution in [0.4, 0.5) is 0 Å². The number of fused-ring (bicyclic) bond motifs is 1. The second-order valence-corrected chi connectivity index (χ2v) is 5.82. The summed E-state index contributed by atoms with van der Waals surface area (Å²) in [4.78, 5) is 29.2. The highest BCUT2D eigenvalue weighted by Gasteiger charge is 2.24. The molecular formula is C16H21N3O3. The van der Waals surface area contributed by atoms with Gasteiger partial charge < -0.3 is 4.74 Å². The molecule has 0 bridgehead atoms. The first-order valence-electron chi connectivity index (χ1n) is 7.91. The van der Waals surface area contributed by atoms with Crippen molar-refractivity contribution >= 4 is 11.6 Å². The van der Waals surface area contributed by atoms with Gasteiger partial charge in [-0.2, -0.15) is 0 Å². The zero-order valence-corrected chi connectivity index (χ0v) is 13.0. The number of aryl methyl sites for hydroxylation is 1. The van der Waals surface area contributed by atoms with Gasteiger partial charge in [0.25, 0.3) is 5.56 Å². The maximum atomic E-state index is 12.8. The zero-order chi connectivity index (χ0) is 15.7. The molecule has 6 nitrogen and oxygen atoms in total. The van der Waals surface area contributed by atoms with Gasteiger partial charge in [0.1, 0.15) is 5.56 Å². The number of carbonyl (C=O) groups is 1. The predicted octanol–water partition coefficient (Wildman–Crippen LogP) is 2.56. The van der Waals surface area contributed by atoms with Gasteiger partial charge >= 0.3 is 5.97 Å². The first-order valence-corrected chi connectivity index (χ1v) is 7.91. The van der Waals surface area contributed by atoms with Crippen molar-refractivity contribution in [3.63, 3.8) is 0 Å². The summed E-state index contributed by atoms with van der Waals surface area (Å²) in [6.45, 7) is 3.89. The van der Waals surface area contributed by atoms with Crippen molar-refractivity contribution in [3.05, 3.63) is 33.4 Å². The molecule has 0 aliphatic heterocycles. The Morgan fingerprint density at radius 2 is 2.14 bits per heavy atom. The molecule has 0 aromatic carbocycles. The van der Waals surface area contributed by atoms with E-state index in [0.717, 1.165) is 36.9 Å². The molecule has 1 N–H and O–H groups in total. The highest BCUT2D eigenvalue weighted by molar-refractivity contribution is 5.95. The number of nitrogens with one attached hydrogen (secondary N) is 1. The molecule has 0 atom stereocenters. The number of hydrogen-bond donors (Lipinski definition) is 1. The summed E-state index contributed by atoms with van der Waals surface area (Å²) in [7, 11) is 0. The van der Waals surface area contributed by atoms with Gasteiger partial charge in [-0.05, 0) is 32.6 Å². The van der Waals surface area contributed by atoms with Crippen molar-refractivity contribution in [2.75, 3.05) is 6.61 Å². The van der Waals surface area contributed by atoms with Crippen molar-refractivity contribution in [2.24, 2.45) is 0 Å². The summed E-state index contributed by atoms with van der Waals surface area (Å²) in [6.07, 6.45) is 7.12. The molecule has 1 aliphatic carbocycles. The number of H-pyrrole nitrogens is 1. The Labute approximate surface area is 128 Å². The van der Waals surface area contributed by atoms with E-state index in [1.54, 1.807) is 6.92 Å². The van der Waals surface area contributed by atoms with E-state index in [2.05, 4.69) is 10.1 Å². The van der Waals surface area contributed by atoms with Crippen LogP contribution in [-0.4, -0.2) is 27.2 Å². The molecule has 1 aliphatic rings. The quantitative estimate of drug-likeness (QED) is 0.884. The van der Waals surface area contributed by atoms with E-state index in [1.165, 1.54) is 17.1 Å². The Morgan fingerprint density at radius 3 is 2.82 bits per heavy atom. The third-order valence-corrected chi connectivity index (χ3v) is 4.40. The summed E-state index contributed by atoms with van der Waals surface area (Å²) >= 11 is 0. The second-order valence-electron chi connectivity index (χ2n) is 5.82. The second kappa shape index (κ2) is 5.94. The molecule has 3 rings (SSSR count). The van der Waals surface area contributed by atoms with E-state index in [0.29, 0.717) is 17.8 Å². The highest BCUT2D eigenvalue weighted by Crippen LogP contribution is 2.32. The van der Waals surface area contributed by atoms with Crippen LogP contribution in [0.25, 0.3) is 5.65 Å². The molecule has 1 saturated carbocycles. The van der Waals surface area contributed by atoms with Gasteiger partial charge in [0, 0.05) is 17.5 Å². The van der Waals surface area contributed by atoms with Crippen molar-refractivity contribution in [2.45, 2.75) is 51.9 Å². The van der Waals surface area contributed by atoms with Crippen LogP contribution in [0.15, 0.2) is 11.0 Å². The van der Waals surface area contributed by atoms with Gasteiger partial charge in [-0.15, -0.1) is 0 Å². The molecule has 118 valence electrons. The minimum absolute atomic E-state index is 0.0926. The molecule has 0 unspecified atom stereocenters. The number of hydrogen-bond acceptors (Lipinski definition) is 4. The average molecular weight is 303 g/mol. The molecule has 0 radical (unpaired) electrons. The summed E-state index contributed by atoms with van der Waals surface area (Å²) in [5, 5.41) is 2.84. The van der Waals surface area contributed by atoms with Gasteiger partial charge in [0.15, 0.2) is 5.65 Å². The normalized spacial score (nSPS) is 16.1. The molecule has 0 amide bonds. The van der Waals surface area contributed by atoms with E-state index in [9.17, 15) is 9.59 Å². The van der Waals surface area contributed by atoms with Gasteiger partial charge in [-0.25, -0.2) is 14.3 Å². The van der Waals surface area contributed by atoms with E-state index in [4.69, 9.17) is 4.74 Å². The van der Waals surface area contributed by atoms with Gasteiger partial charge in [-0.1, -0.05) is 19.3 Å². The molecule has 2 aromatic rings. The molecule has 1 fully saturated rings. The number of aromatic amines is 1. The Kier molecular flexibility index (Phi) is 4.00. The van der Waals surface area contributed by atoms with Crippen LogP contribution in [0.2, 0.25) is 0 Å². The minimum atomic E-state index is -0.460. The van der Waals surface area contributed by atoms with Crippen molar-refractivity contribution < 1.29 is 9.53 Å². The van der Waals surface area contributed by atoms with Crippen LogP contribution in [0, 0.1) is 6.92 Å². The fourth-order valence-corrected chi connectivity index (χ4v) is 3.35. The number of ether oxygens (including phenoxy) is 1. The third kappa shape index (κ3) is 2.42. The van der Waals surface area contributed by atoms with Crippen LogP contribution < -0.4 is 5.56 Å². The Hall–Kier alpha value is -2.11. The van der Waals surface area contributed by atoms with Crippen LogP contribution >= 0.6 is 0 Å². The van der Waals surface area contributed by atoms with Crippen molar-refractivity contribution in [1.29, 1.82) is 0 Å². The largest absolute Gasteiger partial charge is 0.462 e. The Balaban J connectivity index is 2.10. The first-order chi connectivity index (χ1) is 10.6.